The van der Waals surface area contributed by atoms with E-state index in [2.05, 4.69) is 0 Å². The third-order valence-corrected chi connectivity index (χ3v) is 3.46. The SMILES string of the molecule is COC(=O)C1=C(C(=O)OC)N(c2ccc(Cl)cc2C#N)C=CC=C1. The van der Waals surface area contributed by atoms with E-state index in [0.29, 0.717) is 10.7 Å². The van der Waals surface area contributed by atoms with E-state index in [4.69, 9.17) is 21.1 Å². The third-order valence-electron chi connectivity index (χ3n) is 3.23. The van der Waals surface area contributed by atoms with Crippen molar-refractivity contribution in [3.8, 4) is 6.07 Å². The van der Waals surface area contributed by atoms with Crippen molar-refractivity contribution >= 4 is 29.2 Å². The van der Waals surface area contributed by atoms with Crippen LogP contribution in [0, 0.1) is 11.3 Å². The zero-order valence-electron chi connectivity index (χ0n) is 12.9. The molecule has 0 bridgehead atoms. The predicted octanol–water partition coefficient (Wildman–Crippen LogP) is 2.70. The van der Waals surface area contributed by atoms with E-state index >= 15 is 0 Å². The molecule has 1 aromatic rings. The average molecular weight is 345 g/mol. The molecule has 0 aromatic heterocycles. The monoisotopic (exact) mass is 344 g/mol. The van der Waals surface area contributed by atoms with Gasteiger partial charge in [0.15, 0.2) is 0 Å². The second-order valence-electron chi connectivity index (χ2n) is 4.59. The van der Waals surface area contributed by atoms with Gasteiger partial charge in [0.1, 0.15) is 11.8 Å². The van der Waals surface area contributed by atoms with Gasteiger partial charge in [0, 0.05) is 11.2 Å². The number of anilines is 1. The highest BCUT2D eigenvalue weighted by Crippen LogP contribution is 2.30. The number of methoxy groups -OCH3 is 2. The van der Waals surface area contributed by atoms with Crippen LogP contribution in [-0.2, 0) is 19.1 Å². The zero-order chi connectivity index (χ0) is 17.7. The van der Waals surface area contributed by atoms with Crippen molar-refractivity contribution < 1.29 is 19.1 Å². The summed E-state index contributed by atoms with van der Waals surface area (Å²) in [5.74, 6) is -1.45. The molecule has 0 N–H and O–H groups in total. The first-order chi connectivity index (χ1) is 11.5. The number of nitrogens with zero attached hydrogens (tertiary/aromatic N) is 2. The van der Waals surface area contributed by atoms with Crippen LogP contribution in [0.2, 0.25) is 5.02 Å². The lowest BCUT2D eigenvalue weighted by molar-refractivity contribution is -0.139. The number of hydrogen-bond donors (Lipinski definition) is 0. The number of hydrogen-bond acceptors (Lipinski definition) is 6. The van der Waals surface area contributed by atoms with Gasteiger partial charge in [0.25, 0.3) is 0 Å². The smallest absolute Gasteiger partial charge is 0.355 e. The maximum absolute atomic E-state index is 12.3. The Morgan fingerprint density at radius 2 is 1.88 bits per heavy atom. The molecule has 0 fully saturated rings. The van der Waals surface area contributed by atoms with Crippen LogP contribution in [0.3, 0.4) is 0 Å². The number of carbonyl (C=O) groups is 2. The highest BCUT2D eigenvalue weighted by atomic mass is 35.5. The standard InChI is InChI=1S/C17H13ClN2O4/c1-23-16(21)13-5-3-4-8-20(15(13)17(22)24-2)14-7-6-12(18)9-11(14)10-19/h3-9H,1-2H3. The van der Waals surface area contributed by atoms with E-state index in [1.807, 2.05) is 6.07 Å². The van der Waals surface area contributed by atoms with Gasteiger partial charge in [-0.25, -0.2) is 9.59 Å². The number of nitriles is 1. The van der Waals surface area contributed by atoms with E-state index in [1.54, 1.807) is 30.5 Å². The Kier molecular flexibility index (Phi) is 5.40. The summed E-state index contributed by atoms with van der Waals surface area (Å²) in [6, 6.07) is 6.64. The number of carbonyl (C=O) groups excluding carboxylic acids is 2. The van der Waals surface area contributed by atoms with E-state index < -0.39 is 11.9 Å². The quantitative estimate of drug-likeness (QED) is 0.784. The van der Waals surface area contributed by atoms with Crippen molar-refractivity contribution in [2.45, 2.75) is 0 Å². The largest absolute Gasteiger partial charge is 0.465 e. The van der Waals surface area contributed by atoms with Crippen LogP contribution in [0.1, 0.15) is 5.56 Å². The second kappa shape index (κ2) is 7.49. The second-order valence-corrected chi connectivity index (χ2v) is 5.03. The Morgan fingerprint density at radius 3 is 2.50 bits per heavy atom. The maximum atomic E-state index is 12.3. The maximum Gasteiger partial charge on any atom is 0.355 e. The molecule has 0 amide bonds. The normalized spacial score (nSPS) is 13.3. The molecule has 0 aliphatic carbocycles. The van der Waals surface area contributed by atoms with Crippen LogP contribution in [-0.4, -0.2) is 26.2 Å². The fourth-order valence-electron chi connectivity index (χ4n) is 2.16. The summed E-state index contributed by atoms with van der Waals surface area (Å²) in [5, 5.41) is 9.73. The molecule has 1 aromatic carbocycles. The van der Waals surface area contributed by atoms with Crippen molar-refractivity contribution in [3.63, 3.8) is 0 Å². The lowest BCUT2D eigenvalue weighted by atomic mass is 10.1. The fourth-order valence-corrected chi connectivity index (χ4v) is 2.33. The molecule has 0 radical (unpaired) electrons. The first-order valence-electron chi connectivity index (χ1n) is 6.78. The Morgan fingerprint density at radius 1 is 1.17 bits per heavy atom. The highest BCUT2D eigenvalue weighted by molar-refractivity contribution is 6.30. The molecule has 1 aliphatic heterocycles. The molecule has 0 atom stereocenters. The molecule has 122 valence electrons. The van der Waals surface area contributed by atoms with Crippen LogP contribution in [0.15, 0.2) is 53.9 Å². The molecule has 0 unspecified atom stereocenters. The molecular weight excluding hydrogens is 332 g/mol. The summed E-state index contributed by atoms with van der Waals surface area (Å²) in [7, 11) is 2.41. The van der Waals surface area contributed by atoms with Crippen molar-refractivity contribution in [1.82, 2.24) is 0 Å². The van der Waals surface area contributed by atoms with Gasteiger partial charge in [-0.3, -0.25) is 0 Å². The number of esters is 2. The number of benzene rings is 1. The molecule has 1 heterocycles. The van der Waals surface area contributed by atoms with Gasteiger partial charge in [0.05, 0.1) is 31.0 Å². The first kappa shape index (κ1) is 17.3. The number of rotatable bonds is 3. The molecular formula is C17H13ClN2O4. The van der Waals surface area contributed by atoms with E-state index in [-0.39, 0.29) is 16.8 Å². The Balaban J connectivity index is 2.73. The average Bonchev–Trinajstić information content (AvgIpc) is 2.82. The molecule has 0 spiro atoms. The van der Waals surface area contributed by atoms with Gasteiger partial charge in [-0.1, -0.05) is 17.7 Å². The summed E-state index contributed by atoms with van der Waals surface area (Å²) in [6.45, 7) is 0. The van der Waals surface area contributed by atoms with Crippen LogP contribution >= 0.6 is 11.6 Å². The molecule has 6 nitrogen and oxygen atoms in total. The van der Waals surface area contributed by atoms with Gasteiger partial charge in [0.2, 0.25) is 0 Å². The van der Waals surface area contributed by atoms with E-state index in [1.165, 1.54) is 31.3 Å². The number of allylic oxidation sites excluding steroid dienone is 2. The Hall–Kier alpha value is -3.04. The van der Waals surface area contributed by atoms with Gasteiger partial charge in [-0.15, -0.1) is 0 Å². The molecule has 0 saturated heterocycles. The van der Waals surface area contributed by atoms with Crippen molar-refractivity contribution in [2.24, 2.45) is 0 Å². The van der Waals surface area contributed by atoms with Crippen LogP contribution < -0.4 is 4.90 Å². The summed E-state index contributed by atoms with van der Waals surface area (Å²) in [6.07, 6.45) is 6.19. The molecule has 7 heteroatoms. The van der Waals surface area contributed by atoms with Gasteiger partial charge < -0.3 is 14.4 Å². The van der Waals surface area contributed by atoms with Crippen LogP contribution in [0.4, 0.5) is 5.69 Å². The minimum Gasteiger partial charge on any atom is -0.465 e. The highest BCUT2D eigenvalue weighted by Gasteiger charge is 2.28. The molecule has 0 saturated carbocycles. The van der Waals surface area contributed by atoms with Crippen LogP contribution in [0.5, 0.6) is 0 Å². The topological polar surface area (TPSA) is 79.6 Å². The Labute approximate surface area is 143 Å². The third kappa shape index (κ3) is 3.31. The summed E-state index contributed by atoms with van der Waals surface area (Å²) < 4.78 is 9.53. The molecule has 24 heavy (non-hydrogen) atoms. The van der Waals surface area contributed by atoms with Gasteiger partial charge in [-0.2, -0.15) is 5.26 Å². The summed E-state index contributed by atoms with van der Waals surface area (Å²) in [5.41, 5.74) is 0.560. The van der Waals surface area contributed by atoms with E-state index in [0.717, 1.165) is 0 Å². The minimum absolute atomic E-state index is 0.00758. The lowest BCUT2D eigenvalue weighted by Crippen LogP contribution is -2.27. The van der Waals surface area contributed by atoms with Crippen LogP contribution in [0.25, 0.3) is 0 Å². The predicted molar refractivity (Wildman–Crippen MR) is 88.0 cm³/mol. The lowest BCUT2D eigenvalue weighted by Gasteiger charge is -2.24. The molecule has 2 rings (SSSR count). The number of ether oxygens (including phenoxy) is 2. The summed E-state index contributed by atoms with van der Waals surface area (Å²) in [4.78, 5) is 25.7. The van der Waals surface area contributed by atoms with Crippen molar-refractivity contribution in [2.75, 3.05) is 19.1 Å². The molecule has 1 aliphatic rings. The summed E-state index contributed by atoms with van der Waals surface area (Å²) >= 11 is 5.92. The van der Waals surface area contributed by atoms with Gasteiger partial charge in [-0.05, 0) is 30.4 Å². The van der Waals surface area contributed by atoms with Crippen molar-refractivity contribution in [1.29, 1.82) is 5.26 Å². The Bertz CT molecular complexity index is 818. The zero-order valence-corrected chi connectivity index (χ0v) is 13.7. The first-order valence-corrected chi connectivity index (χ1v) is 7.16. The fraction of sp³-hybridized carbons (Fsp3) is 0.118. The van der Waals surface area contributed by atoms with E-state index in [9.17, 15) is 14.9 Å². The minimum atomic E-state index is -0.745. The van der Waals surface area contributed by atoms with Gasteiger partial charge >= 0.3 is 11.9 Å². The van der Waals surface area contributed by atoms with Crippen molar-refractivity contribution in [3.05, 3.63) is 64.5 Å². The number of halogens is 1.